The first-order valence-corrected chi connectivity index (χ1v) is 5.94. The predicted molar refractivity (Wildman–Crippen MR) is 70.1 cm³/mol. The average molecular weight is 267 g/mol. The van der Waals surface area contributed by atoms with Gasteiger partial charge in [0.15, 0.2) is 0 Å². The minimum absolute atomic E-state index is 0.0723. The molecule has 0 aromatic carbocycles. The van der Waals surface area contributed by atoms with Gasteiger partial charge in [0.05, 0.1) is 18.0 Å². The van der Waals surface area contributed by atoms with Gasteiger partial charge in [-0.05, 0) is 19.9 Å². The first kappa shape index (κ1) is 14.9. The summed E-state index contributed by atoms with van der Waals surface area (Å²) in [6.07, 6.45) is 0.164. The summed E-state index contributed by atoms with van der Waals surface area (Å²) in [7, 11) is 1.66. The van der Waals surface area contributed by atoms with Gasteiger partial charge < -0.3 is 9.64 Å². The molecule has 0 spiro atoms. The molecule has 0 amide bonds. The van der Waals surface area contributed by atoms with Crippen LogP contribution >= 0.6 is 0 Å². The van der Waals surface area contributed by atoms with Gasteiger partial charge in [-0.1, -0.05) is 0 Å². The molecule has 0 aliphatic rings. The molecular weight excluding hydrogens is 250 g/mol. The molecule has 0 saturated heterocycles. The van der Waals surface area contributed by atoms with Crippen LogP contribution in [0.1, 0.15) is 19.0 Å². The number of aromatic nitrogens is 1. The second kappa shape index (κ2) is 6.67. The highest BCUT2D eigenvalue weighted by atomic mass is 16.6. The van der Waals surface area contributed by atoms with Crippen LogP contribution in [0.25, 0.3) is 0 Å². The van der Waals surface area contributed by atoms with Gasteiger partial charge >= 0.3 is 11.7 Å². The number of hydrogen-bond donors (Lipinski definition) is 0. The Hall–Kier alpha value is -2.18. The Kier molecular flexibility index (Phi) is 5.23. The molecule has 0 aliphatic heterocycles. The van der Waals surface area contributed by atoms with Crippen molar-refractivity contribution in [3.8, 4) is 0 Å². The lowest BCUT2D eigenvalue weighted by Crippen LogP contribution is -2.24. The van der Waals surface area contributed by atoms with E-state index in [-0.39, 0.29) is 23.9 Å². The van der Waals surface area contributed by atoms with E-state index in [2.05, 4.69) is 4.98 Å². The van der Waals surface area contributed by atoms with E-state index in [1.54, 1.807) is 31.9 Å². The monoisotopic (exact) mass is 267 g/mol. The van der Waals surface area contributed by atoms with Gasteiger partial charge in [0.2, 0.25) is 5.82 Å². The summed E-state index contributed by atoms with van der Waals surface area (Å²) in [6.45, 7) is 4.13. The van der Waals surface area contributed by atoms with Crippen molar-refractivity contribution in [2.24, 2.45) is 0 Å². The van der Waals surface area contributed by atoms with Crippen LogP contribution in [0.15, 0.2) is 12.1 Å². The molecule has 0 saturated carbocycles. The molecule has 7 nitrogen and oxygen atoms in total. The molecule has 104 valence electrons. The van der Waals surface area contributed by atoms with Gasteiger partial charge in [-0.25, -0.2) is 4.98 Å². The van der Waals surface area contributed by atoms with E-state index < -0.39 is 4.92 Å². The molecule has 0 bridgehead atoms. The molecule has 0 fully saturated rings. The van der Waals surface area contributed by atoms with E-state index in [0.29, 0.717) is 18.8 Å². The summed E-state index contributed by atoms with van der Waals surface area (Å²) in [6, 6.07) is 3.00. The zero-order chi connectivity index (χ0) is 14.4. The van der Waals surface area contributed by atoms with Crippen molar-refractivity contribution in [1.29, 1.82) is 0 Å². The summed E-state index contributed by atoms with van der Waals surface area (Å²) in [5, 5.41) is 10.9. The number of aryl methyl sites for hydroxylation is 1. The third kappa shape index (κ3) is 4.20. The number of rotatable bonds is 6. The third-order valence-electron chi connectivity index (χ3n) is 2.51. The average Bonchev–Trinajstić information content (AvgIpc) is 2.35. The van der Waals surface area contributed by atoms with Gasteiger partial charge in [0, 0.05) is 25.4 Å². The SMILES string of the molecule is CCOC(=O)CCN(C)c1nc(C)ccc1[N+](=O)[O-]. The lowest BCUT2D eigenvalue weighted by Gasteiger charge is -2.17. The van der Waals surface area contributed by atoms with E-state index in [4.69, 9.17) is 4.74 Å². The molecule has 0 radical (unpaired) electrons. The zero-order valence-electron chi connectivity index (χ0n) is 11.3. The van der Waals surface area contributed by atoms with Crippen molar-refractivity contribution < 1.29 is 14.5 Å². The molecule has 0 aliphatic carbocycles. The van der Waals surface area contributed by atoms with Crippen molar-refractivity contribution in [1.82, 2.24) is 4.98 Å². The summed E-state index contributed by atoms with van der Waals surface area (Å²) >= 11 is 0. The third-order valence-corrected chi connectivity index (χ3v) is 2.51. The molecule has 0 N–H and O–H groups in total. The van der Waals surface area contributed by atoms with Crippen molar-refractivity contribution in [3.63, 3.8) is 0 Å². The van der Waals surface area contributed by atoms with Gasteiger partial charge in [-0.3, -0.25) is 14.9 Å². The largest absolute Gasteiger partial charge is 0.466 e. The lowest BCUT2D eigenvalue weighted by molar-refractivity contribution is -0.384. The Morgan fingerprint density at radius 3 is 2.79 bits per heavy atom. The number of ether oxygens (including phenoxy) is 1. The smallest absolute Gasteiger partial charge is 0.311 e. The van der Waals surface area contributed by atoms with Crippen LogP contribution in [0.3, 0.4) is 0 Å². The fourth-order valence-electron chi connectivity index (χ4n) is 1.56. The van der Waals surface area contributed by atoms with Crippen LogP contribution in [0.5, 0.6) is 0 Å². The Balaban J connectivity index is 2.80. The maximum Gasteiger partial charge on any atom is 0.311 e. The molecule has 1 heterocycles. The molecule has 1 aromatic rings. The minimum Gasteiger partial charge on any atom is -0.466 e. The molecule has 0 atom stereocenters. The van der Waals surface area contributed by atoms with Gasteiger partial charge in [0.1, 0.15) is 0 Å². The van der Waals surface area contributed by atoms with Crippen molar-refractivity contribution in [2.75, 3.05) is 25.1 Å². The quantitative estimate of drug-likeness (QED) is 0.443. The van der Waals surface area contributed by atoms with Gasteiger partial charge in [0.25, 0.3) is 0 Å². The number of esters is 1. The summed E-state index contributed by atoms with van der Waals surface area (Å²) in [4.78, 5) is 27.4. The standard InChI is InChI=1S/C12H17N3O4/c1-4-19-11(16)7-8-14(3)12-10(15(17)18)6-5-9(2)13-12/h5-6H,4,7-8H2,1-3H3. The Morgan fingerprint density at radius 1 is 1.53 bits per heavy atom. The molecule has 0 unspecified atom stereocenters. The van der Waals surface area contributed by atoms with Crippen LogP contribution in [-0.4, -0.2) is 36.1 Å². The second-order valence-electron chi connectivity index (χ2n) is 4.03. The fourth-order valence-corrected chi connectivity index (χ4v) is 1.56. The number of carbonyl (C=O) groups is 1. The number of carbonyl (C=O) groups excluding carboxylic acids is 1. The van der Waals surface area contributed by atoms with E-state index >= 15 is 0 Å². The Morgan fingerprint density at radius 2 is 2.21 bits per heavy atom. The summed E-state index contributed by atoms with van der Waals surface area (Å²) in [5.41, 5.74) is 0.612. The van der Waals surface area contributed by atoms with E-state index in [0.717, 1.165) is 0 Å². The first-order valence-electron chi connectivity index (χ1n) is 5.94. The van der Waals surface area contributed by atoms with Crippen LogP contribution in [0, 0.1) is 17.0 Å². The fraction of sp³-hybridized carbons (Fsp3) is 0.500. The normalized spacial score (nSPS) is 10.1. The van der Waals surface area contributed by atoms with E-state index in [1.165, 1.54) is 6.07 Å². The van der Waals surface area contributed by atoms with Gasteiger partial charge in [-0.2, -0.15) is 0 Å². The zero-order valence-corrected chi connectivity index (χ0v) is 11.3. The van der Waals surface area contributed by atoms with Crippen molar-refractivity contribution in [2.45, 2.75) is 20.3 Å². The van der Waals surface area contributed by atoms with Crippen LogP contribution < -0.4 is 4.90 Å². The minimum atomic E-state index is -0.483. The van der Waals surface area contributed by atoms with E-state index in [9.17, 15) is 14.9 Å². The van der Waals surface area contributed by atoms with E-state index in [1.807, 2.05) is 0 Å². The van der Waals surface area contributed by atoms with Crippen LogP contribution in [0.2, 0.25) is 0 Å². The number of pyridine rings is 1. The number of anilines is 1. The van der Waals surface area contributed by atoms with Crippen molar-refractivity contribution in [3.05, 3.63) is 27.9 Å². The maximum absolute atomic E-state index is 11.3. The Labute approximate surface area is 111 Å². The maximum atomic E-state index is 11.3. The molecular formula is C12H17N3O4. The van der Waals surface area contributed by atoms with Gasteiger partial charge in [-0.15, -0.1) is 0 Å². The molecule has 1 rings (SSSR count). The predicted octanol–water partition coefficient (Wildman–Crippen LogP) is 1.69. The second-order valence-corrected chi connectivity index (χ2v) is 4.03. The highest BCUT2D eigenvalue weighted by molar-refractivity contribution is 5.70. The molecule has 7 heteroatoms. The highest BCUT2D eigenvalue weighted by Gasteiger charge is 2.19. The number of nitro groups is 1. The topological polar surface area (TPSA) is 85.6 Å². The lowest BCUT2D eigenvalue weighted by atomic mass is 10.3. The summed E-state index contributed by atoms with van der Waals surface area (Å²) < 4.78 is 4.81. The van der Waals surface area contributed by atoms with Crippen LogP contribution in [-0.2, 0) is 9.53 Å². The molecule has 1 aromatic heterocycles. The van der Waals surface area contributed by atoms with Crippen LogP contribution in [0.4, 0.5) is 11.5 Å². The highest BCUT2D eigenvalue weighted by Crippen LogP contribution is 2.25. The summed E-state index contributed by atoms with van der Waals surface area (Å²) in [5.74, 6) is -0.0704. The first-order chi connectivity index (χ1) is 8.95. The number of hydrogen-bond acceptors (Lipinski definition) is 6. The Bertz CT molecular complexity index is 476. The number of nitrogens with zero attached hydrogens (tertiary/aromatic N) is 3. The molecule has 19 heavy (non-hydrogen) atoms. The van der Waals surface area contributed by atoms with Crippen molar-refractivity contribution >= 4 is 17.5 Å².